The molecule has 1 aromatic carbocycles. The summed E-state index contributed by atoms with van der Waals surface area (Å²) in [6.07, 6.45) is -2.75. The van der Waals surface area contributed by atoms with Gasteiger partial charge in [-0.15, -0.1) is 0 Å². The highest BCUT2D eigenvalue weighted by atomic mass is 19.4. The second kappa shape index (κ2) is 12.4. The van der Waals surface area contributed by atoms with Crippen molar-refractivity contribution in [3.63, 3.8) is 0 Å². The van der Waals surface area contributed by atoms with Gasteiger partial charge >= 0.3 is 12.1 Å². The Labute approximate surface area is 229 Å². The number of nitrogens with zero attached hydrogens (tertiary/aromatic N) is 1. The van der Waals surface area contributed by atoms with E-state index in [1.807, 2.05) is 5.32 Å². The van der Waals surface area contributed by atoms with Crippen molar-refractivity contribution in [3.8, 4) is 23.7 Å². The monoisotopic (exact) mass is 562 g/mol. The first kappa shape index (κ1) is 30.5. The summed E-state index contributed by atoms with van der Waals surface area (Å²) >= 11 is 0. The maximum absolute atomic E-state index is 13.2. The van der Waals surface area contributed by atoms with Crippen LogP contribution < -0.4 is 16.1 Å². The zero-order chi connectivity index (χ0) is 29.6. The fourth-order valence-electron chi connectivity index (χ4n) is 3.72. The molecule has 0 aromatic heterocycles. The van der Waals surface area contributed by atoms with E-state index in [9.17, 15) is 32.3 Å². The lowest BCUT2D eigenvalue weighted by atomic mass is 9.96. The number of amides is 4. The van der Waals surface area contributed by atoms with Gasteiger partial charge in [-0.1, -0.05) is 11.8 Å². The Hall–Kier alpha value is -4.07. The van der Waals surface area contributed by atoms with Crippen molar-refractivity contribution in [2.45, 2.75) is 62.6 Å². The summed E-state index contributed by atoms with van der Waals surface area (Å²) in [6, 6.07) is 5.90. The van der Waals surface area contributed by atoms with E-state index in [0.717, 1.165) is 17.7 Å². The number of hydroxylamine groups is 1. The van der Waals surface area contributed by atoms with Gasteiger partial charge in [0, 0.05) is 38.2 Å². The van der Waals surface area contributed by atoms with Crippen molar-refractivity contribution in [1.82, 2.24) is 21.0 Å². The molecule has 2 aliphatic rings. The fraction of sp³-hybridized carbons (Fsp3) is 0.481. The summed E-state index contributed by atoms with van der Waals surface area (Å²) in [6.45, 7) is 1.77. The third kappa shape index (κ3) is 7.31. The van der Waals surface area contributed by atoms with E-state index in [1.165, 1.54) is 45.3 Å². The Morgan fingerprint density at radius 3 is 2.27 bits per heavy atom. The number of likely N-dealkylation sites (N-methyl/N-ethyl adjacent to an activating group) is 2. The van der Waals surface area contributed by atoms with E-state index in [-0.39, 0.29) is 5.56 Å². The number of hydrogen-bond acceptors (Lipinski definition) is 6. The van der Waals surface area contributed by atoms with Crippen molar-refractivity contribution in [1.29, 1.82) is 0 Å². The lowest BCUT2D eigenvalue weighted by Gasteiger charge is -2.36. The molecule has 1 aliphatic heterocycles. The molecule has 1 saturated heterocycles. The fourth-order valence-corrected chi connectivity index (χ4v) is 3.72. The molecule has 13 heteroatoms. The van der Waals surface area contributed by atoms with Gasteiger partial charge in [-0.05, 0) is 68.7 Å². The Kier molecular flexibility index (Phi) is 9.45. The van der Waals surface area contributed by atoms with Gasteiger partial charge in [0.1, 0.15) is 5.54 Å². The van der Waals surface area contributed by atoms with Gasteiger partial charge in [0.05, 0.1) is 0 Å². The first-order valence-corrected chi connectivity index (χ1v) is 12.4. The predicted octanol–water partition coefficient (Wildman–Crippen LogP) is 1.40. The van der Waals surface area contributed by atoms with Crippen LogP contribution in [0.15, 0.2) is 24.3 Å². The Bertz CT molecular complexity index is 1270. The third-order valence-corrected chi connectivity index (χ3v) is 6.57. The molecule has 1 aliphatic carbocycles. The standard InChI is InChI=1S/C27H29F3N4O6/c1-25(22(36)31-2,23(37)33-40-20-9-5-7-17-39-20)34(3)21(35)19-12-10-18(11-13-19)8-4-6-14-26(15-16-26)32-24(38)27(28,29)30/h10-13,20H,5,7,9,15-17H2,1-3H3,(H,31,36)(H,32,38)(H,33,37)/t20?,25-/m0/s1. The molecular weight excluding hydrogens is 533 g/mol. The number of nitrogens with one attached hydrogen (secondary N) is 3. The molecule has 0 bridgehead atoms. The van der Waals surface area contributed by atoms with Crippen LogP contribution in [0, 0.1) is 23.7 Å². The number of rotatable bonds is 7. The van der Waals surface area contributed by atoms with Gasteiger partial charge < -0.3 is 20.3 Å². The lowest BCUT2D eigenvalue weighted by molar-refractivity contribution is -0.204. The molecule has 1 heterocycles. The largest absolute Gasteiger partial charge is 0.471 e. The summed E-state index contributed by atoms with van der Waals surface area (Å²) in [5, 5.41) is 4.27. The van der Waals surface area contributed by atoms with Crippen LogP contribution in [0.3, 0.4) is 0 Å². The molecule has 3 rings (SSSR count). The maximum Gasteiger partial charge on any atom is 0.471 e. The molecule has 10 nitrogen and oxygen atoms in total. The molecule has 1 unspecified atom stereocenters. The van der Waals surface area contributed by atoms with Crippen molar-refractivity contribution >= 4 is 23.6 Å². The van der Waals surface area contributed by atoms with Crippen molar-refractivity contribution < 1.29 is 41.9 Å². The molecule has 2 fully saturated rings. The second-order valence-corrected chi connectivity index (χ2v) is 9.47. The normalized spacial score (nSPS) is 18.8. The van der Waals surface area contributed by atoms with Crippen LogP contribution in [0.2, 0.25) is 0 Å². The van der Waals surface area contributed by atoms with E-state index >= 15 is 0 Å². The molecule has 1 saturated carbocycles. The van der Waals surface area contributed by atoms with Crippen LogP contribution in [0.4, 0.5) is 13.2 Å². The minimum atomic E-state index is -4.99. The predicted molar refractivity (Wildman–Crippen MR) is 135 cm³/mol. The van der Waals surface area contributed by atoms with Gasteiger partial charge in [-0.25, -0.2) is 10.3 Å². The first-order valence-electron chi connectivity index (χ1n) is 12.4. The van der Waals surface area contributed by atoms with Gasteiger partial charge in [0.2, 0.25) is 0 Å². The van der Waals surface area contributed by atoms with Crippen molar-refractivity contribution in [3.05, 3.63) is 35.4 Å². The molecule has 2 atom stereocenters. The lowest BCUT2D eigenvalue weighted by Crippen LogP contribution is -2.65. The number of carbonyl (C=O) groups excluding carboxylic acids is 4. The Morgan fingerprint density at radius 2 is 1.73 bits per heavy atom. The van der Waals surface area contributed by atoms with Crippen molar-refractivity contribution in [2.75, 3.05) is 20.7 Å². The smallest absolute Gasteiger partial charge is 0.357 e. The summed E-state index contributed by atoms with van der Waals surface area (Å²) in [5.41, 5.74) is -0.341. The van der Waals surface area contributed by atoms with Gasteiger partial charge in [-0.3, -0.25) is 19.2 Å². The van der Waals surface area contributed by atoms with Crippen LogP contribution >= 0.6 is 0 Å². The molecule has 0 radical (unpaired) electrons. The zero-order valence-electron chi connectivity index (χ0n) is 22.2. The van der Waals surface area contributed by atoms with E-state index in [0.29, 0.717) is 31.4 Å². The van der Waals surface area contributed by atoms with Crippen LogP contribution in [0.25, 0.3) is 0 Å². The number of carbonyl (C=O) groups is 4. The number of benzene rings is 1. The van der Waals surface area contributed by atoms with Crippen molar-refractivity contribution in [2.24, 2.45) is 0 Å². The quantitative estimate of drug-likeness (QED) is 0.262. The second-order valence-electron chi connectivity index (χ2n) is 9.47. The van der Waals surface area contributed by atoms with E-state index in [4.69, 9.17) is 9.57 Å². The van der Waals surface area contributed by atoms with E-state index in [1.54, 1.807) is 0 Å². The summed E-state index contributed by atoms with van der Waals surface area (Å²) in [7, 11) is 2.64. The molecule has 214 valence electrons. The minimum absolute atomic E-state index is 0.158. The zero-order valence-corrected chi connectivity index (χ0v) is 22.2. The highest BCUT2D eigenvalue weighted by Gasteiger charge is 2.49. The number of halogens is 3. The average molecular weight is 563 g/mol. The summed E-state index contributed by atoms with van der Waals surface area (Å²) < 4.78 is 42.8. The number of alkyl halides is 3. The van der Waals surface area contributed by atoms with Crippen LogP contribution in [0.1, 0.15) is 54.9 Å². The Morgan fingerprint density at radius 1 is 1.05 bits per heavy atom. The maximum atomic E-state index is 13.2. The van der Waals surface area contributed by atoms with Gasteiger partial charge in [0.25, 0.3) is 17.7 Å². The minimum Gasteiger partial charge on any atom is -0.357 e. The molecule has 3 N–H and O–H groups in total. The number of ether oxygens (including phenoxy) is 1. The van der Waals surface area contributed by atoms with Crippen LogP contribution in [-0.4, -0.2) is 72.8 Å². The summed E-state index contributed by atoms with van der Waals surface area (Å²) in [4.78, 5) is 56.4. The average Bonchev–Trinajstić information content (AvgIpc) is 3.71. The topological polar surface area (TPSA) is 126 Å². The van der Waals surface area contributed by atoms with Gasteiger partial charge in [0.15, 0.2) is 11.8 Å². The molecule has 4 amide bonds. The molecule has 1 aromatic rings. The van der Waals surface area contributed by atoms with Crippen LogP contribution in [-0.2, 0) is 24.0 Å². The first-order chi connectivity index (χ1) is 18.8. The molecular formula is C27H29F3N4O6. The Balaban J connectivity index is 1.66. The van der Waals surface area contributed by atoms with E-state index < -0.39 is 47.2 Å². The molecule has 40 heavy (non-hydrogen) atoms. The molecule has 0 spiro atoms. The summed E-state index contributed by atoms with van der Waals surface area (Å²) in [5.74, 6) is 5.95. The van der Waals surface area contributed by atoms with E-state index in [2.05, 4.69) is 34.5 Å². The van der Waals surface area contributed by atoms with Crippen LogP contribution in [0.5, 0.6) is 0 Å². The SMILES string of the molecule is CNC(=O)[C@@](C)(C(=O)NOC1CCCCO1)N(C)C(=O)c1ccc(C#CC#CC2(NC(=O)C(F)(F)F)CC2)cc1. The highest BCUT2D eigenvalue weighted by Crippen LogP contribution is 2.35. The van der Waals surface area contributed by atoms with Gasteiger partial charge in [-0.2, -0.15) is 13.2 Å². The third-order valence-electron chi connectivity index (χ3n) is 6.57. The highest BCUT2D eigenvalue weighted by molar-refractivity contribution is 6.12. The number of hydrogen-bond donors (Lipinski definition) is 3.